The summed E-state index contributed by atoms with van der Waals surface area (Å²) in [6, 6.07) is 7.73. The van der Waals surface area contributed by atoms with Crippen LogP contribution in [-0.2, 0) is 9.53 Å². The number of alkyl halides is 1. The van der Waals surface area contributed by atoms with Gasteiger partial charge >= 0.3 is 6.09 Å². The number of aromatic nitrogens is 2. The third kappa shape index (κ3) is 10.1. The number of hydrogen-bond donors (Lipinski definition) is 2. The minimum Gasteiger partial charge on any atom is -0.444 e. The predicted molar refractivity (Wildman–Crippen MR) is 157 cm³/mol. The van der Waals surface area contributed by atoms with E-state index in [-0.39, 0.29) is 5.91 Å². The van der Waals surface area contributed by atoms with Crippen LogP contribution < -0.4 is 15.5 Å². The van der Waals surface area contributed by atoms with Crippen LogP contribution in [-0.4, -0.2) is 38.4 Å². The molecular weight excluding hydrogens is 566 g/mol. The lowest BCUT2D eigenvalue weighted by atomic mass is 10.0. The second-order valence-corrected chi connectivity index (χ2v) is 12.1. The van der Waals surface area contributed by atoms with Gasteiger partial charge in [0, 0.05) is 34.7 Å². The Morgan fingerprint density at radius 2 is 1.82 bits per heavy atom. The standard InChI is InChI=1S/C28H36BrN5O3S/c1-27(2,3)37-26(36)33-28(4)13-16-34(17-14-28)23-19-31-25(20-30-23)38-22-11-9-10-21(18-22)32-24(35)12-7-5-6-8-15-29/h9-11,13-14,16-20H,5-8,12,15H2,1-4H3,(H,32,35)(H,33,36). The number of halogens is 1. The lowest BCUT2D eigenvalue weighted by molar-refractivity contribution is -0.116. The molecule has 1 aliphatic heterocycles. The first kappa shape index (κ1) is 29.7. The molecule has 0 radical (unpaired) electrons. The molecule has 2 amide bonds. The summed E-state index contributed by atoms with van der Waals surface area (Å²) in [5, 5.41) is 7.60. The Labute approximate surface area is 237 Å². The second-order valence-electron chi connectivity index (χ2n) is 10.2. The summed E-state index contributed by atoms with van der Waals surface area (Å²) in [5.74, 6) is 0.688. The molecule has 0 spiro atoms. The van der Waals surface area contributed by atoms with Crippen molar-refractivity contribution in [1.29, 1.82) is 0 Å². The maximum Gasteiger partial charge on any atom is 0.408 e. The van der Waals surface area contributed by atoms with Crippen molar-refractivity contribution in [2.75, 3.05) is 15.5 Å². The van der Waals surface area contributed by atoms with E-state index in [0.717, 1.165) is 46.6 Å². The van der Waals surface area contributed by atoms with Gasteiger partial charge in [-0.3, -0.25) is 4.79 Å². The van der Waals surface area contributed by atoms with E-state index in [4.69, 9.17) is 4.74 Å². The number of rotatable bonds is 11. The molecule has 0 aliphatic carbocycles. The van der Waals surface area contributed by atoms with Crippen LogP contribution in [0.25, 0.3) is 0 Å². The van der Waals surface area contributed by atoms with E-state index in [9.17, 15) is 9.59 Å². The van der Waals surface area contributed by atoms with E-state index in [1.165, 1.54) is 11.8 Å². The van der Waals surface area contributed by atoms with E-state index < -0.39 is 17.2 Å². The number of benzene rings is 1. The first-order valence-corrected chi connectivity index (χ1v) is 14.6. The summed E-state index contributed by atoms with van der Waals surface area (Å²) in [4.78, 5) is 36.3. The fourth-order valence-corrected chi connectivity index (χ4v) is 4.73. The van der Waals surface area contributed by atoms with Gasteiger partial charge in [0.05, 0.1) is 17.9 Å². The second kappa shape index (κ2) is 13.8. The normalized spacial score (nSPS) is 14.3. The minimum absolute atomic E-state index is 0.0372. The first-order valence-electron chi connectivity index (χ1n) is 12.7. The van der Waals surface area contributed by atoms with Crippen molar-refractivity contribution in [2.24, 2.45) is 0 Å². The zero-order valence-corrected chi connectivity index (χ0v) is 24.8. The molecule has 0 atom stereocenters. The zero-order chi connectivity index (χ0) is 27.6. The highest BCUT2D eigenvalue weighted by Gasteiger charge is 2.26. The van der Waals surface area contributed by atoms with Gasteiger partial charge in [-0.05, 0) is 70.9 Å². The molecule has 0 saturated carbocycles. The molecule has 2 aromatic rings. The molecule has 204 valence electrons. The van der Waals surface area contributed by atoms with Gasteiger partial charge in [-0.2, -0.15) is 0 Å². The van der Waals surface area contributed by atoms with Crippen molar-refractivity contribution in [3.8, 4) is 0 Å². The quantitative estimate of drug-likeness (QED) is 0.210. The van der Waals surface area contributed by atoms with Crippen molar-refractivity contribution in [3.63, 3.8) is 0 Å². The van der Waals surface area contributed by atoms with Crippen LogP contribution in [0.3, 0.4) is 0 Å². The third-order valence-electron chi connectivity index (χ3n) is 5.44. The summed E-state index contributed by atoms with van der Waals surface area (Å²) >= 11 is 4.91. The SMILES string of the molecule is CC1(NC(=O)OC(C)(C)C)C=CN(c2cnc(Sc3cccc(NC(=O)CCCCCCBr)c3)cn2)C=C1. The van der Waals surface area contributed by atoms with Crippen LogP contribution >= 0.6 is 27.7 Å². The Hall–Kier alpha value is -2.85. The molecule has 0 bridgehead atoms. The lowest BCUT2D eigenvalue weighted by Gasteiger charge is -2.30. The van der Waals surface area contributed by atoms with Crippen LogP contribution in [0.15, 0.2) is 71.1 Å². The van der Waals surface area contributed by atoms with Gasteiger partial charge in [0.1, 0.15) is 10.6 Å². The number of ether oxygens (including phenoxy) is 1. The molecule has 1 aliphatic rings. The van der Waals surface area contributed by atoms with Crippen LogP contribution in [0.2, 0.25) is 0 Å². The van der Waals surface area contributed by atoms with Crippen molar-refractivity contribution in [1.82, 2.24) is 15.3 Å². The number of carbonyl (C=O) groups is 2. The summed E-state index contributed by atoms with van der Waals surface area (Å²) in [6.45, 7) is 7.37. The van der Waals surface area contributed by atoms with E-state index in [0.29, 0.717) is 12.2 Å². The summed E-state index contributed by atoms with van der Waals surface area (Å²) in [6.07, 6.45) is 15.1. The number of amides is 2. The number of nitrogens with zero attached hydrogens (tertiary/aromatic N) is 3. The summed E-state index contributed by atoms with van der Waals surface area (Å²) in [7, 11) is 0. The van der Waals surface area contributed by atoms with E-state index >= 15 is 0 Å². The van der Waals surface area contributed by atoms with Gasteiger partial charge in [0.25, 0.3) is 0 Å². The van der Waals surface area contributed by atoms with Crippen molar-refractivity contribution in [2.45, 2.75) is 80.9 Å². The minimum atomic E-state index is -0.671. The Kier molecular flexibility index (Phi) is 10.8. The van der Waals surface area contributed by atoms with Crippen molar-refractivity contribution >= 4 is 51.2 Å². The average molecular weight is 603 g/mol. The third-order valence-corrected chi connectivity index (χ3v) is 6.91. The van der Waals surface area contributed by atoms with E-state index in [1.807, 2.05) is 81.4 Å². The fourth-order valence-electron chi connectivity index (χ4n) is 3.55. The molecule has 0 saturated heterocycles. The van der Waals surface area contributed by atoms with Crippen LogP contribution in [0, 0.1) is 0 Å². The number of hydrogen-bond acceptors (Lipinski definition) is 7. The number of nitrogens with one attached hydrogen (secondary N) is 2. The van der Waals surface area contributed by atoms with Gasteiger partial charge in [-0.1, -0.05) is 46.6 Å². The van der Waals surface area contributed by atoms with Crippen molar-refractivity contribution < 1.29 is 14.3 Å². The number of carbonyl (C=O) groups excluding carboxylic acids is 2. The zero-order valence-electron chi connectivity index (χ0n) is 22.4. The molecule has 0 fully saturated rings. The maximum atomic E-state index is 12.3. The molecule has 2 heterocycles. The van der Waals surface area contributed by atoms with Gasteiger partial charge in [-0.15, -0.1) is 0 Å². The van der Waals surface area contributed by atoms with Gasteiger partial charge < -0.3 is 20.3 Å². The molecular formula is C28H36BrN5O3S. The van der Waals surface area contributed by atoms with Crippen LogP contribution in [0.4, 0.5) is 16.3 Å². The van der Waals surface area contributed by atoms with E-state index in [2.05, 4.69) is 36.5 Å². The highest BCUT2D eigenvalue weighted by Crippen LogP contribution is 2.29. The molecule has 38 heavy (non-hydrogen) atoms. The lowest BCUT2D eigenvalue weighted by Crippen LogP contribution is -2.46. The highest BCUT2D eigenvalue weighted by molar-refractivity contribution is 9.09. The summed E-state index contributed by atoms with van der Waals surface area (Å²) in [5.41, 5.74) is -0.460. The predicted octanol–water partition coefficient (Wildman–Crippen LogP) is 7.04. The van der Waals surface area contributed by atoms with E-state index in [1.54, 1.807) is 12.4 Å². The number of alkyl carbamates (subject to hydrolysis) is 1. The van der Waals surface area contributed by atoms with Crippen LogP contribution in [0.5, 0.6) is 0 Å². The topological polar surface area (TPSA) is 96.5 Å². The van der Waals surface area contributed by atoms with Crippen molar-refractivity contribution in [3.05, 3.63) is 61.2 Å². The maximum absolute atomic E-state index is 12.3. The Bertz CT molecular complexity index is 1130. The monoisotopic (exact) mass is 601 g/mol. The number of anilines is 2. The first-order chi connectivity index (χ1) is 18.0. The molecule has 1 aromatic heterocycles. The molecule has 1 aromatic carbocycles. The molecule has 3 rings (SSSR count). The van der Waals surface area contributed by atoms with Gasteiger partial charge in [-0.25, -0.2) is 14.8 Å². The molecule has 2 N–H and O–H groups in total. The molecule has 10 heteroatoms. The number of unbranched alkanes of at least 4 members (excludes halogenated alkanes) is 3. The van der Waals surface area contributed by atoms with Gasteiger partial charge in [0.2, 0.25) is 5.91 Å². The highest BCUT2D eigenvalue weighted by atomic mass is 79.9. The average Bonchev–Trinajstić information content (AvgIpc) is 2.84. The summed E-state index contributed by atoms with van der Waals surface area (Å²) < 4.78 is 5.35. The largest absolute Gasteiger partial charge is 0.444 e. The van der Waals surface area contributed by atoms with Crippen LogP contribution in [0.1, 0.15) is 59.8 Å². The Morgan fingerprint density at radius 1 is 1.08 bits per heavy atom. The smallest absolute Gasteiger partial charge is 0.408 e. The molecule has 0 unspecified atom stereocenters. The fraction of sp³-hybridized carbons (Fsp3) is 0.429. The Morgan fingerprint density at radius 3 is 2.47 bits per heavy atom. The Balaban J connectivity index is 1.52. The van der Waals surface area contributed by atoms with Gasteiger partial charge in [0.15, 0.2) is 5.82 Å². The molecule has 8 nitrogen and oxygen atoms in total.